The molecule has 2 fully saturated rings. The molecule has 1 aromatic carbocycles. The first-order valence-corrected chi connectivity index (χ1v) is 9.41. The first-order valence-electron chi connectivity index (χ1n) is 9.41. The van der Waals surface area contributed by atoms with Crippen molar-refractivity contribution < 1.29 is 14.7 Å². The normalized spacial score (nSPS) is 21.6. The third-order valence-electron chi connectivity index (χ3n) is 5.69. The zero-order valence-corrected chi connectivity index (χ0v) is 14.7. The predicted molar refractivity (Wildman–Crippen MR) is 96.0 cm³/mol. The molecule has 5 nitrogen and oxygen atoms in total. The van der Waals surface area contributed by atoms with Crippen molar-refractivity contribution in [3.63, 3.8) is 0 Å². The van der Waals surface area contributed by atoms with Gasteiger partial charge < -0.3 is 10.4 Å². The Balaban J connectivity index is 1.52. The number of amides is 1. The van der Waals surface area contributed by atoms with Gasteiger partial charge in [-0.3, -0.25) is 9.69 Å². The zero-order valence-electron chi connectivity index (χ0n) is 14.7. The summed E-state index contributed by atoms with van der Waals surface area (Å²) in [4.78, 5) is 26.7. The molecule has 2 aliphatic rings. The summed E-state index contributed by atoms with van der Waals surface area (Å²) >= 11 is 0. The third kappa shape index (κ3) is 4.40. The van der Waals surface area contributed by atoms with Gasteiger partial charge in [-0.25, -0.2) is 4.79 Å². The summed E-state index contributed by atoms with van der Waals surface area (Å²) in [6, 6.07) is 10.4. The lowest BCUT2D eigenvalue weighted by Gasteiger charge is -2.37. The second-order valence-electron chi connectivity index (χ2n) is 7.47. The molecule has 0 spiro atoms. The van der Waals surface area contributed by atoms with Gasteiger partial charge in [0, 0.05) is 12.5 Å². The quantitative estimate of drug-likeness (QED) is 0.862. The van der Waals surface area contributed by atoms with Crippen LogP contribution in [0.25, 0.3) is 0 Å². The van der Waals surface area contributed by atoms with E-state index in [1.54, 1.807) is 0 Å². The Labute approximate surface area is 149 Å². The predicted octanol–water partition coefficient (Wildman–Crippen LogP) is 2.80. The van der Waals surface area contributed by atoms with E-state index in [1.165, 1.54) is 5.56 Å². The van der Waals surface area contributed by atoms with Gasteiger partial charge in [0.25, 0.3) is 0 Å². The Kier molecular flexibility index (Phi) is 5.74. The number of rotatable bonds is 5. The highest BCUT2D eigenvalue weighted by Gasteiger charge is 2.42. The van der Waals surface area contributed by atoms with Crippen LogP contribution in [0.1, 0.15) is 50.5 Å². The number of carbonyl (C=O) groups is 2. The lowest BCUT2D eigenvalue weighted by molar-refractivity contribution is -0.150. The largest absolute Gasteiger partial charge is 0.480 e. The van der Waals surface area contributed by atoms with E-state index in [9.17, 15) is 14.7 Å². The van der Waals surface area contributed by atoms with Gasteiger partial charge in [0.15, 0.2) is 0 Å². The number of aliphatic carboxylic acids is 1. The minimum atomic E-state index is -1.03. The van der Waals surface area contributed by atoms with Crippen molar-refractivity contribution in [3.8, 4) is 0 Å². The molecule has 1 heterocycles. The lowest BCUT2D eigenvalue weighted by atomic mass is 9.81. The molecule has 1 aliphatic carbocycles. The molecule has 25 heavy (non-hydrogen) atoms. The second-order valence-corrected chi connectivity index (χ2v) is 7.47. The summed E-state index contributed by atoms with van der Waals surface area (Å²) in [5.41, 5.74) is 0.258. The molecule has 1 saturated carbocycles. The first-order chi connectivity index (χ1) is 12.1. The fourth-order valence-corrected chi connectivity index (χ4v) is 4.08. The standard InChI is InChI=1S/C20H28N2O3/c23-18(21-20(19(24)25)11-5-2-6-12-20)17-9-13-22(14-10-17)15-16-7-3-1-4-8-16/h1,3-4,7-8,17H,2,5-6,9-15H2,(H,21,23)(H,24,25). The van der Waals surface area contributed by atoms with Crippen molar-refractivity contribution in [2.24, 2.45) is 5.92 Å². The van der Waals surface area contributed by atoms with Crippen LogP contribution in [0.5, 0.6) is 0 Å². The van der Waals surface area contributed by atoms with E-state index in [2.05, 4.69) is 22.3 Å². The van der Waals surface area contributed by atoms with Gasteiger partial charge in [0.1, 0.15) is 5.54 Å². The third-order valence-corrected chi connectivity index (χ3v) is 5.69. The molecule has 1 aromatic rings. The SMILES string of the molecule is O=C(NC1(C(=O)O)CCCCC1)C1CCN(Cc2ccccc2)CC1. The molecule has 3 rings (SSSR count). The molecule has 0 unspecified atom stereocenters. The fourth-order valence-electron chi connectivity index (χ4n) is 4.08. The molecule has 2 N–H and O–H groups in total. The van der Waals surface area contributed by atoms with E-state index in [0.717, 1.165) is 51.7 Å². The van der Waals surface area contributed by atoms with E-state index in [0.29, 0.717) is 12.8 Å². The molecule has 136 valence electrons. The van der Waals surface area contributed by atoms with Crippen molar-refractivity contribution in [2.45, 2.75) is 57.0 Å². The van der Waals surface area contributed by atoms with Crippen molar-refractivity contribution in [1.29, 1.82) is 0 Å². The van der Waals surface area contributed by atoms with Crippen LogP contribution < -0.4 is 5.32 Å². The number of carboxylic acids is 1. The summed E-state index contributed by atoms with van der Waals surface area (Å²) in [5.74, 6) is -1.00. The molecule has 5 heteroatoms. The summed E-state index contributed by atoms with van der Waals surface area (Å²) in [6.07, 6.45) is 5.53. The second kappa shape index (κ2) is 8.00. The average molecular weight is 344 g/mol. The molecular formula is C20H28N2O3. The molecule has 1 aliphatic heterocycles. The Morgan fingerprint density at radius 2 is 1.72 bits per heavy atom. The number of nitrogens with zero attached hydrogens (tertiary/aromatic N) is 1. The van der Waals surface area contributed by atoms with Crippen molar-refractivity contribution in [3.05, 3.63) is 35.9 Å². The van der Waals surface area contributed by atoms with Gasteiger partial charge in [-0.15, -0.1) is 0 Å². The van der Waals surface area contributed by atoms with E-state index in [-0.39, 0.29) is 11.8 Å². The highest BCUT2D eigenvalue weighted by Crippen LogP contribution is 2.30. The number of hydrogen-bond donors (Lipinski definition) is 2. The molecular weight excluding hydrogens is 316 g/mol. The molecule has 1 saturated heterocycles. The first kappa shape index (κ1) is 17.9. The summed E-state index contributed by atoms with van der Waals surface area (Å²) in [7, 11) is 0. The van der Waals surface area contributed by atoms with E-state index >= 15 is 0 Å². The fraction of sp³-hybridized carbons (Fsp3) is 0.600. The average Bonchev–Trinajstić information content (AvgIpc) is 2.64. The highest BCUT2D eigenvalue weighted by molar-refractivity contribution is 5.88. The Bertz CT molecular complexity index is 588. The Morgan fingerprint density at radius 1 is 1.08 bits per heavy atom. The lowest BCUT2D eigenvalue weighted by Crippen LogP contribution is -2.57. The van der Waals surface area contributed by atoms with Gasteiger partial charge in [-0.2, -0.15) is 0 Å². The van der Waals surface area contributed by atoms with Crippen LogP contribution in [0.4, 0.5) is 0 Å². The van der Waals surface area contributed by atoms with Crippen LogP contribution >= 0.6 is 0 Å². The van der Waals surface area contributed by atoms with E-state index in [4.69, 9.17) is 0 Å². The maximum Gasteiger partial charge on any atom is 0.329 e. The minimum absolute atomic E-state index is 0.0647. The number of nitrogens with one attached hydrogen (secondary N) is 1. The van der Waals surface area contributed by atoms with Gasteiger partial charge in [-0.05, 0) is 44.3 Å². The maximum absolute atomic E-state index is 12.6. The number of hydrogen-bond acceptors (Lipinski definition) is 3. The van der Waals surface area contributed by atoms with Gasteiger partial charge in [-0.1, -0.05) is 49.6 Å². The topological polar surface area (TPSA) is 69.6 Å². The molecule has 0 bridgehead atoms. The van der Waals surface area contributed by atoms with E-state index in [1.807, 2.05) is 18.2 Å². The number of piperidine rings is 1. The van der Waals surface area contributed by atoms with Crippen molar-refractivity contribution >= 4 is 11.9 Å². The van der Waals surface area contributed by atoms with Crippen LogP contribution in [0, 0.1) is 5.92 Å². The summed E-state index contributed by atoms with van der Waals surface area (Å²) in [6.45, 7) is 2.67. The number of benzene rings is 1. The summed E-state index contributed by atoms with van der Waals surface area (Å²) < 4.78 is 0. The van der Waals surface area contributed by atoms with Crippen LogP contribution in [0.3, 0.4) is 0 Å². The van der Waals surface area contributed by atoms with Gasteiger partial charge in [0.05, 0.1) is 0 Å². The van der Waals surface area contributed by atoms with Gasteiger partial charge >= 0.3 is 5.97 Å². The maximum atomic E-state index is 12.6. The number of carbonyl (C=O) groups excluding carboxylic acids is 1. The van der Waals surface area contributed by atoms with Gasteiger partial charge in [0.2, 0.25) is 5.91 Å². The highest BCUT2D eigenvalue weighted by atomic mass is 16.4. The summed E-state index contributed by atoms with van der Waals surface area (Å²) in [5, 5.41) is 12.5. The zero-order chi connectivity index (χ0) is 17.7. The Morgan fingerprint density at radius 3 is 2.32 bits per heavy atom. The van der Waals surface area contributed by atoms with Crippen molar-refractivity contribution in [1.82, 2.24) is 10.2 Å². The Hall–Kier alpha value is -1.88. The van der Waals surface area contributed by atoms with Crippen molar-refractivity contribution in [2.75, 3.05) is 13.1 Å². The minimum Gasteiger partial charge on any atom is -0.480 e. The monoisotopic (exact) mass is 344 g/mol. The smallest absolute Gasteiger partial charge is 0.329 e. The van der Waals surface area contributed by atoms with E-state index < -0.39 is 11.5 Å². The molecule has 1 amide bonds. The van der Waals surface area contributed by atoms with Crippen LogP contribution in [0.2, 0.25) is 0 Å². The number of carboxylic acid groups (broad SMARTS) is 1. The number of likely N-dealkylation sites (tertiary alicyclic amines) is 1. The molecule has 0 atom stereocenters. The molecule has 0 aromatic heterocycles. The van der Waals surface area contributed by atoms with Crippen LogP contribution in [0.15, 0.2) is 30.3 Å². The van der Waals surface area contributed by atoms with Crippen LogP contribution in [-0.2, 0) is 16.1 Å². The van der Waals surface area contributed by atoms with Crippen LogP contribution in [-0.4, -0.2) is 40.5 Å². The molecule has 0 radical (unpaired) electrons.